The van der Waals surface area contributed by atoms with Crippen LogP contribution in [0.5, 0.6) is 5.75 Å². The third-order valence-corrected chi connectivity index (χ3v) is 5.82. The van der Waals surface area contributed by atoms with Gasteiger partial charge in [0.1, 0.15) is 29.0 Å². The van der Waals surface area contributed by atoms with Gasteiger partial charge in [0, 0.05) is 44.2 Å². The van der Waals surface area contributed by atoms with Gasteiger partial charge in [0.05, 0.1) is 6.54 Å². The molecule has 3 aromatic rings. The minimum absolute atomic E-state index is 0.0689. The largest absolute Gasteiger partial charge is 0.487 e. The fourth-order valence-corrected chi connectivity index (χ4v) is 3.98. The zero-order valence-electron chi connectivity index (χ0n) is 18.1. The van der Waals surface area contributed by atoms with Gasteiger partial charge >= 0.3 is 6.03 Å². The second-order valence-corrected chi connectivity index (χ2v) is 8.37. The Kier molecular flexibility index (Phi) is 6.37. The van der Waals surface area contributed by atoms with Crippen LogP contribution < -0.4 is 15.2 Å². The van der Waals surface area contributed by atoms with Gasteiger partial charge in [-0.2, -0.15) is 0 Å². The first kappa shape index (κ1) is 22.8. The van der Waals surface area contributed by atoms with Crippen molar-refractivity contribution in [2.75, 3.05) is 25.5 Å². The number of aromatic nitrogens is 1. The first-order valence-corrected chi connectivity index (χ1v) is 10.7. The molecule has 33 heavy (non-hydrogen) atoms. The van der Waals surface area contributed by atoms with E-state index >= 15 is 0 Å². The predicted molar refractivity (Wildman–Crippen MR) is 122 cm³/mol. The summed E-state index contributed by atoms with van der Waals surface area (Å²) in [5.41, 5.74) is 2.52. The van der Waals surface area contributed by atoms with Crippen LogP contribution in [0.1, 0.15) is 16.7 Å². The van der Waals surface area contributed by atoms with Crippen LogP contribution in [-0.2, 0) is 19.6 Å². The van der Waals surface area contributed by atoms with E-state index in [1.807, 2.05) is 18.2 Å². The average molecular weight is 474 g/mol. The normalized spacial score (nSPS) is 12.6. The molecule has 0 radical (unpaired) electrons. The summed E-state index contributed by atoms with van der Waals surface area (Å²) in [5, 5.41) is -0.121. The number of fused-ring (bicyclic) bond motifs is 1. The van der Waals surface area contributed by atoms with Gasteiger partial charge in [0.15, 0.2) is 0 Å². The fraction of sp³-hybridized carbons (Fsp3) is 0.250. The number of carbonyl (C=O) groups excluding carboxylic acids is 1. The van der Waals surface area contributed by atoms with Gasteiger partial charge in [-0.25, -0.2) is 13.6 Å². The number of urea groups is 1. The summed E-state index contributed by atoms with van der Waals surface area (Å²) in [7, 11) is 3.43. The molecule has 0 saturated heterocycles. The molecule has 2 aromatic carbocycles. The summed E-state index contributed by atoms with van der Waals surface area (Å²) in [6.07, 6.45) is 2.30. The molecule has 6 nitrogen and oxygen atoms in total. The number of benzene rings is 2. The predicted octanol–water partition coefficient (Wildman–Crippen LogP) is 4.45. The number of amides is 2. The average Bonchev–Trinajstić information content (AvgIpc) is 3.20. The highest BCUT2D eigenvalue weighted by Gasteiger charge is 2.26. The number of halogens is 3. The van der Waals surface area contributed by atoms with Crippen molar-refractivity contribution < 1.29 is 18.3 Å². The molecular weight excluding hydrogens is 452 g/mol. The summed E-state index contributed by atoms with van der Waals surface area (Å²) in [4.78, 5) is 28.3. The number of hydrogen-bond acceptors (Lipinski definition) is 3. The lowest BCUT2D eigenvalue weighted by atomic mass is 10.1. The molecule has 0 spiro atoms. The van der Waals surface area contributed by atoms with Crippen LogP contribution in [-0.4, -0.2) is 36.1 Å². The SMILES string of the molecule is CN(C)C(=O)N1CCc2cc(Cn3ccc(OCc4ccc(F)cc4F)c(Cl)c3=O)ccc21. The first-order valence-electron chi connectivity index (χ1n) is 10.3. The summed E-state index contributed by atoms with van der Waals surface area (Å²) < 4.78 is 33.8. The number of rotatable bonds is 5. The molecule has 0 bridgehead atoms. The van der Waals surface area contributed by atoms with Gasteiger partial charge in [-0.3, -0.25) is 9.69 Å². The van der Waals surface area contributed by atoms with E-state index in [2.05, 4.69) is 0 Å². The quantitative estimate of drug-likeness (QED) is 0.550. The molecule has 0 unspecified atom stereocenters. The van der Waals surface area contributed by atoms with Crippen molar-refractivity contribution in [3.63, 3.8) is 0 Å². The van der Waals surface area contributed by atoms with Crippen molar-refractivity contribution in [1.29, 1.82) is 0 Å². The summed E-state index contributed by atoms with van der Waals surface area (Å²) in [6.45, 7) is 0.713. The smallest absolute Gasteiger partial charge is 0.323 e. The Morgan fingerprint density at radius 1 is 1.15 bits per heavy atom. The number of anilines is 1. The summed E-state index contributed by atoms with van der Waals surface area (Å²) in [6, 6.07) is 10.4. The highest BCUT2D eigenvalue weighted by atomic mass is 35.5. The van der Waals surface area contributed by atoms with Gasteiger partial charge in [0.25, 0.3) is 5.56 Å². The van der Waals surface area contributed by atoms with Crippen LogP contribution in [0.4, 0.5) is 19.3 Å². The highest BCUT2D eigenvalue weighted by Crippen LogP contribution is 2.30. The van der Waals surface area contributed by atoms with Crippen molar-refractivity contribution in [2.24, 2.45) is 0 Å². The second-order valence-electron chi connectivity index (χ2n) is 7.99. The van der Waals surface area contributed by atoms with Crippen LogP contribution in [0.3, 0.4) is 0 Å². The first-order chi connectivity index (χ1) is 15.7. The molecule has 9 heteroatoms. The monoisotopic (exact) mass is 473 g/mol. The zero-order chi connectivity index (χ0) is 23.7. The van der Waals surface area contributed by atoms with Crippen molar-refractivity contribution in [3.8, 4) is 5.75 Å². The van der Waals surface area contributed by atoms with Crippen molar-refractivity contribution in [1.82, 2.24) is 9.47 Å². The molecule has 0 aliphatic carbocycles. The lowest BCUT2D eigenvalue weighted by Gasteiger charge is -2.22. The third-order valence-electron chi connectivity index (χ3n) is 5.47. The van der Waals surface area contributed by atoms with E-state index < -0.39 is 17.2 Å². The fourth-order valence-electron chi connectivity index (χ4n) is 3.75. The van der Waals surface area contributed by atoms with E-state index in [0.717, 1.165) is 35.4 Å². The molecule has 1 aliphatic heterocycles. The molecule has 1 aromatic heterocycles. The Balaban J connectivity index is 1.49. The summed E-state index contributed by atoms with van der Waals surface area (Å²) >= 11 is 6.21. The van der Waals surface area contributed by atoms with E-state index in [-0.39, 0.29) is 29.0 Å². The highest BCUT2D eigenvalue weighted by molar-refractivity contribution is 6.31. The molecule has 2 heterocycles. The van der Waals surface area contributed by atoms with Gasteiger partial charge in [0.2, 0.25) is 0 Å². The Hall–Kier alpha value is -3.39. The lowest BCUT2D eigenvalue weighted by molar-refractivity contribution is 0.224. The number of carbonyl (C=O) groups is 1. The van der Waals surface area contributed by atoms with Gasteiger partial charge in [-0.1, -0.05) is 23.7 Å². The van der Waals surface area contributed by atoms with Crippen molar-refractivity contribution in [2.45, 2.75) is 19.6 Å². The number of nitrogens with zero attached hydrogens (tertiary/aromatic N) is 3. The maximum atomic E-state index is 13.8. The molecule has 0 fully saturated rings. The number of hydrogen-bond donors (Lipinski definition) is 0. The maximum Gasteiger partial charge on any atom is 0.323 e. The summed E-state index contributed by atoms with van der Waals surface area (Å²) in [5.74, 6) is -1.30. The maximum absolute atomic E-state index is 13.8. The Morgan fingerprint density at radius 2 is 1.94 bits per heavy atom. The molecule has 172 valence electrons. The second kappa shape index (κ2) is 9.23. The molecular formula is C24H22ClF2N3O3. The van der Waals surface area contributed by atoms with Gasteiger partial charge in [-0.05, 0) is 41.8 Å². The van der Waals surface area contributed by atoms with Crippen molar-refractivity contribution >= 4 is 23.3 Å². The Labute approximate surface area is 194 Å². The van der Waals surface area contributed by atoms with E-state index in [1.165, 1.54) is 16.7 Å². The minimum atomic E-state index is -0.734. The van der Waals surface area contributed by atoms with E-state index in [0.29, 0.717) is 13.1 Å². The molecule has 2 amide bonds. The molecule has 0 saturated carbocycles. The van der Waals surface area contributed by atoms with E-state index in [9.17, 15) is 18.4 Å². The van der Waals surface area contributed by atoms with Gasteiger partial charge < -0.3 is 14.2 Å². The van der Waals surface area contributed by atoms with Crippen LogP contribution in [0.15, 0.2) is 53.5 Å². The lowest BCUT2D eigenvalue weighted by Crippen LogP contribution is -2.38. The molecule has 0 N–H and O–H groups in total. The van der Waals surface area contributed by atoms with Crippen LogP contribution >= 0.6 is 11.6 Å². The number of ether oxygens (including phenoxy) is 1. The van der Waals surface area contributed by atoms with E-state index in [4.69, 9.17) is 16.3 Å². The minimum Gasteiger partial charge on any atom is -0.487 e. The topological polar surface area (TPSA) is 54.8 Å². The van der Waals surface area contributed by atoms with E-state index in [1.54, 1.807) is 30.1 Å². The molecule has 1 aliphatic rings. The third kappa shape index (κ3) is 4.71. The number of pyridine rings is 1. The van der Waals surface area contributed by atoms with Crippen LogP contribution in [0.25, 0.3) is 0 Å². The molecule has 4 rings (SSSR count). The Bertz CT molecular complexity index is 1280. The van der Waals surface area contributed by atoms with Crippen molar-refractivity contribution in [3.05, 3.63) is 92.4 Å². The Morgan fingerprint density at radius 3 is 2.67 bits per heavy atom. The molecule has 0 atom stereocenters. The standard InChI is InChI=1S/C24H22ClF2N3O3/c1-28(2)24(32)30-10-7-16-11-15(3-6-20(16)30)13-29-9-8-21(22(25)23(29)31)33-14-17-4-5-18(26)12-19(17)27/h3-6,8-9,11-12H,7,10,13-14H2,1-2H3. The van der Waals surface area contributed by atoms with Crippen LogP contribution in [0.2, 0.25) is 5.02 Å². The zero-order valence-corrected chi connectivity index (χ0v) is 18.9. The van der Waals surface area contributed by atoms with Crippen LogP contribution in [0, 0.1) is 11.6 Å². The van der Waals surface area contributed by atoms with Gasteiger partial charge in [-0.15, -0.1) is 0 Å².